The summed E-state index contributed by atoms with van der Waals surface area (Å²) in [5, 5.41) is 15.0. The molecule has 0 aliphatic carbocycles. The molecule has 1 heterocycles. The van der Waals surface area contributed by atoms with Gasteiger partial charge in [0.1, 0.15) is 11.4 Å². The van der Waals surface area contributed by atoms with E-state index < -0.39 is 0 Å². The van der Waals surface area contributed by atoms with Gasteiger partial charge in [0.05, 0.1) is 0 Å². The van der Waals surface area contributed by atoms with E-state index in [2.05, 4.69) is 44.9 Å². The maximum absolute atomic E-state index is 10.5. The zero-order valence-corrected chi connectivity index (χ0v) is 12.1. The molecule has 0 unspecified atom stereocenters. The molecule has 0 radical (unpaired) electrons. The number of hydrogen-bond donors (Lipinski definition) is 1. The molecular formula is C16H22N2O. The Morgan fingerprint density at radius 3 is 2.63 bits per heavy atom. The van der Waals surface area contributed by atoms with Crippen LogP contribution in [0.2, 0.25) is 0 Å². The van der Waals surface area contributed by atoms with Crippen molar-refractivity contribution >= 4 is 0 Å². The highest BCUT2D eigenvalue weighted by molar-refractivity contribution is 5.68. The number of aryl methyl sites for hydroxylation is 2. The van der Waals surface area contributed by atoms with Crippen LogP contribution in [0.15, 0.2) is 24.3 Å². The zero-order chi connectivity index (χ0) is 14.0. The van der Waals surface area contributed by atoms with E-state index in [4.69, 9.17) is 0 Å². The van der Waals surface area contributed by atoms with Gasteiger partial charge >= 0.3 is 0 Å². The fourth-order valence-corrected chi connectivity index (χ4v) is 2.31. The summed E-state index contributed by atoms with van der Waals surface area (Å²) >= 11 is 0. The smallest absolute Gasteiger partial charge is 0.164 e. The molecule has 0 atom stereocenters. The first-order valence-corrected chi connectivity index (χ1v) is 6.92. The van der Waals surface area contributed by atoms with Crippen molar-refractivity contribution in [3.05, 3.63) is 35.5 Å². The van der Waals surface area contributed by atoms with Crippen LogP contribution in [0.25, 0.3) is 11.3 Å². The van der Waals surface area contributed by atoms with Crippen LogP contribution in [-0.4, -0.2) is 14.9 Å². The van der Waals surface area contributed by atoms with Gasteiger partial charge in [0.2, 0.25) is 0 Å². The van der Waals surface area contributed by atoms with Crippen molar-refractivity contribution in [3.63, 3.8) is 0 Å². The van der Waals surface area contributed by atoms with Crippen LogP contribution >= 0.6 is 0 Å². The third kappa shape index (κ3) is 2.65. The van der Waals surface area contributed by atoms with Crippen molar-refractivity contribution in [2.24, 2.45) is 0 Å². The second-order valence-corrected chi connectivity index (χ2v) is 5.30. The first-order valence-electron chi connectivity index (χ1n) is 6.92. The van der Waals surface area contributed by atoms with Gasteiger partial charge in [0.25, 0.3) is 0 Å². The highest BCUT2D eigenvalue weighted by Crippen LogP contribution is 2.35. The Kier molecular flexibility index (Phi) is 3.93. The van der Waals surface area contributed by atoms with E-state index in [0.29, 0.717) is 5.75 Å². The average Bonchev–Trinajstić information content (AvgIpc) is 2.68. The molecule has 0 saturated carbocycles. The monoisotopic (exact) mass is 258 g/mol. The second-order valence-electron chi connectivity index (χ2n) is 5.30. The highest BCUT2D eigenvalue weighted by Gasteiger charge is 2.19. The molecule has 2 rings (SSSR count). The standard InChI is InChI=1S/C16H22N2O/c1-5-7-14-16(19)15(18(17-14)11(2)3)13-9-6-8-12(4)10-13/h6,8-11,19H,5,7H2,1-4H3. The minimum absolute atomic E-state index is 0.229. The number of aromatic nitrogens is 2. The van der Waals surface area contributed by atoms with Crippen LogP contribution in [0.4, 0.5) is 0 Å². The Morgan fingerprint density at radius 2 is 2.05 bits per heavy atom. The maximum atomic E-state index is 10.5. The fraction of sp³-hybridized carbons (Fsp3) is 0.438. The van der Waals surface area contributed by atoms with Crippen molar-refractivity contribution in [1.82, 2.24) is 9.78 Å². The third-order valence-electron chi connectivity index (χ3n) is 3.22. The number of benzene rings is 1. The van der Waals surface area contributed by atoms with Crippen LogP contribution in [0, 0.1) is 6.92 Å². The van der Waals surface area contributed by atoms with Crippen LogP contribution in [0.3, 0.4) is 0 Å². The summed E-state index contributed by atoms with van der Waals surface area (Å²) in [7, 11) is 0. The quantitative estimate of drug-likeness (QED) is 0.896. The van der Waals surface area contributed by atoms with Crippen molar-refractivity contribution in [1.29, 1.82) is 0 Å². The number of hydrogen-bond acceptors (Lipinski definition) is 2. The van der Waals surface area contributed by atoms with Gasteiger partial charge in [0, 0.05) is 11.6 Å². The van der Waals surface area contributed by atoms with E-state index in [0.717, 1.165) is 29.8 Å². The molecule has 0 fully saturated rings. The molecule has 3 nitrogen and oxygen atoms in total. The van der Waals surface area contributed by atoms with Crippen LogP contribution in [-0.2, 0) is 6.42 Å². The van der Waals surface area contributed by atoms with E-state index in [1.54, 1.807) is 0 Å². The average molecular weight is 258 g/mol. The summed E-state index contributed by atoms with van der Waals surface area (Å²) in [6.07, 6.45) is 1.79. The van der Waals surface area contributed by atoms with E-state index in [-0.39, 0.29) is 6.04 Å². The summed E-state index contributed by atoms with van der Waals surface area (Å²) in [6.45, 7) is 8.33. The predicted octanol–water partition coefficient (Wildman–Crippen LogP) is 4.10. The molecular weight excluding hydrogens is 236 g/mol. The fourth-order valence-electron chi connectivity index (χ4n) is 2.31. The van der Waals surface area contributed by atoms with Crippen molar-refractivity contribution in [2.45, 2.75) is 46.6 Å². The van der Waals surface area contributed by atoms with Gasteiger partial charge in [-0.3, -0.25) is 4.68 Å². The van der Waals surface area contributed by atoms with E-state index >= 15 is 0 Å². The van der Waals surface area contributed by atoms with Crippen molar-refractivity contribution in [3.8, 4) is 17.0 Å². The Labute approximate surface area is 114 Å². The SMILES string of the molecule is CCCc1nn(C(C)C)c(-c2cccc(C)c2)c1O. The second kappa shape index (κ2) is 5.47. The molecule has 0 aliphatic rings. The van der Waals surface area contributed by atoms with Gasteiger partial charge < -0.3 is 5.11 Å². The highest BCUT2D eigenvalue weighted by atomic mass is 16.3. The lowest BCUT2D eigenvalue weighted by Gasteiger charge is -2.11. The van der Waals surface area contributed by atoms with Crippen molar-refractivity contribution in [2.75, 3.05) is 0 Å². The molecule has 102 valence electrons. The van der Waals surface area contributed by atoms with E-state index in [1.165, 1.54) is 5.56 Å². The van der Waals surface area contributed by atoms with Crippen LogP contribution in [0.1, 0.15) is 44.5 Å². The number of aromatic hydroxyl groups is 1. The Balaban J connectivity index is 2.60. The molecule has 19 heavy (non-hydrogen) atoms. The minimum Gasteiger partial charge on any atom is -0.504 e. The molecule has 0 amide bonds. The van der Waals surface area contributed by atoms with Crippen molar-refractivity contribution < 1.29 is 5.11 Å². The largest absolute Gasteiger partial charge is 0.504 e. The van der Waals surface area contributed by atoms with E-state index in [9.17, 15) is 5.11 Å². The summed E-state index contributed by atoms with van der Waals surface area (Å²) in [4.78, 5) is 0. The van der Waals surface area contributed by atoms with Gasteiger partial charge in [-0.2, -0.15) is 5.10 Å². The lowest BCUT2D eigenvalue weighted by Crippen LogP contribution is -2.05. The minimum atomic E-state index is 0.229. The molecule has 0 spiro atoms. The first kappa shape index (κ1) is 13.7. The van der Waals surface area contributed by atoms with E-state index in [1.807, 2.05) is 16.8 Å². The van der Waals surface area contributed by atoms with Gasteiger partial charge in [-0.05, 0) is 33.3 Å². The van der Waals surface area contributed by atoms with Gasteiger partial charge in [-0.25, -0.2) is 0 Å². The van der Waals surface area contributed by atoms with Gasteiger partial charge in [0.15, 0.2) is 5.75 Å². The summed E-state index contributed by atoms with van der Waals surface area (Å²) in [5.74, 6) is 0.334. The summed E-state index contributed by atoms with van der Waals surface area (Å²) < 4.78 is 1.93. The predicted molar refractivity (Wildman–Crippen MR) is 78.4 cm³/mol. The number of rotatable bonds is 4. The zero-order valence-electron chi connectivity index (χ0n) is 12.1. The normalized spacial score (nSPS) is 11.2. The maximum Gasteiger partial charge on any atom is 0.164 e. The molecule has 1 aromatic carbocycles. The lowest BCUT2D eigenvalue weighted by atomic mass is 10.1. The molecule has 0 aliphatic heterocycles. The first-order chi connectivity index (χ1) is 9.04. The summed E-state index contributed by atoms with van der Waals surface area (Å²) in [6, 6.07) is 8.42. The Bertz CT molecular complexity index is 570. The van der Waals surface area contributed by atoms with Gasteiger partial charge in [-0.1, -0.05) is 37.1 Å². The molecule has 1 N–H and O–H groups in total. The topological polar surface area (TPSA) is 38.0 Å². The Morgan fingerprint density at radius 1 is 1.32 bits per heavy atom. The summed E-state index contributed by atoms with van der Waals surface area (Å²) in [5.41, 5.74) is 3.85. The van der Waals surface area contributed by atoms with Crippen LogP contribution in [0.5, 0.6) is 5.75 Å². The van der Waals surface area contributed by atoms with Crippen LogP contribution < -0.4 is 0 Å². The molecule has 2 aromatic rings. The Hall–Kier alpha value is -1.77. The molecule has 0 saturated heterocycles. The lowest BCUT2D eigenvalue weighted by molar-refractivity contribution is 0.468. The molecule has 0 bridgehead atoms. The number of nitrogens with zero attached hydrogens (tertiary/aromatic N) is 2. The van der Waals surface area contributed by atoms with Gasteiger partial charge in [-0.15, -0.1) is 0 Å². The molecule has 3 heteroatoms. The third-order valence-corrected chi connectivity index (χ3v) is 3.22. The molecule has 1 aromatic heterocycles.